The van der Waals surface area contributed by atoms with Gasteiger partial charge in [-0.25, -0.2) is 4.98 Å². The zero-order valence-electron chi connectivity index (χ0n) is 17.0. The summed E-state index contributed by atoms with van der Waals surface area (Å²) in [5.41, 5.74) is 0.443. The van der Waals surface area contributed by atoms with E-state index in [0.29, 0.717) is 24.7 Å². The summed E-state index contributed by atoms with van der Waals surface area (Å²) in [4.78, 5) is 23.8. The maximum Gasteiger partial charge on any atom is 0.274 e. The molecule has 0 N–H and O–H groups in total. The average Bonchev–Trinajstić information content (AvgIpc) is 3.24. The first-order valence-electron chi connectivity index (χ1n) is 10.8. The van der Waals surface area contributed by atoms with Crippen molar-refractivity contribution in [2.75, 3.05) is 26.3 Å². The van der Waals surface area contributed by atoms with Crippen molar-refractivity contribution in [3.05, 3.63) is 29.9 Å². The number of rotatable bonds is 5. The fourth-order valence-corrected chi connectivity index (χ4v) is 4.78. The van der Waals surface area contributed by atoms with Crippen LogP contribution in [0, 0.1) is 5.92 Å². The van der Waals surface area contributed by atoms with Gasteiger partial charge in [0.2, 0.25) is 5.89 Å². The van der Waals surface area contributed by atoms with Crippen molar-refractivity contribution in [2.24, 2.45) is 13.0 Å². The van der Waals surface area contributed by atoms with Crippen LogP contribution < -0.4 is 0 Å². The third-order valence-electron chi connectivity index (χ3n) is 6.79. The highest BCUT2D eigenvalue weighted by atomic mass is 16.5. The predicted molar refractivity (Wildman–Crippen MR) is 104 cm³/mol. The molecule has 0 atom stereocenters. The molecule has 1 aliphatic carbocycles. The maximum atomic E-state index is 12.8. The molecule has 1 amide bonds. The van der Waals surface area contributed by atoms with Crippen LogP contribution in [0.3, 0.4) is 0 Å². The molecule has 0 aromatic carbocycles. The Bertz CT molecular complexity index is 857. The number of ether oxygens (including phenoxy) is 1. The number of nitrogens with zero attached hydrogens (tertiary/aromatic N) is 5. The van der Waals surface area contributed by atoms with Crippen LogP contribution in [-0.4, -0.2) is 56.8 Å². The van der Waals surface area contributed by atoms with Crippen molar-refractivity contribution >= 4 is 5.91 Å². The van der Waals surface area contributed by atoms with E-state index >= 15 is 0 Å². The summed E-state index contributed by atoms with van der Waals surface area (Å²) in [6.07, 6.45) is 10.8. The molecule has 0 bridgehead atoms. The summed E-state index contributed by atoms with van der Waals surface area (Å²) in [5, 5.41) is 4.45. The lowest BCUT2D eigenvalue weighted by Gasteiger charge is -2.40. The van der Waals surface area contributed by atoms with Gasteiger partial charge in [-0.1, -0.05) is 18.0 Å². The minimum Gasteiger partial charge on any atom is -0.381 e. The lowest BCUT2D eigenvalue weighted by molar-refractivity contribution is 0.0640. The molecule has 3 fully saturated rings. The first-order valence-corrected chi connectivity index (χ1v) is 10.8. The van der Waals surface area contributed by atoms with Crippen LogP contribution in [0.4, 0.5) is 0 Å². The Morgan fingerprint density at radius 2 is 1.97 bits per heavy atom. The van der Waals surface area contributed by atoms with Gasteiger partial charge in [0.25, 0.3) is 5.91 Å². The van der Waals surface area contributed by atoms with Gasteiger partial charge in [-0.15, -0.1) is 0 Å². The lowest BCUT2D eigenvalue weighted by atomic mass is 9.73. The quantitative estimate of drug-likeness (QED) is 0.768. The van der Waals surface area contributed by atoms with E-state index < -0.39 is 0 Å². The number of hydrogen-bond donors (Lipinski definition) is 0. The molecule has 29 heavy (non-hydrogen) atoms. The number of piperidine rings is 1. The first kappa shape index (κ1) is 18.8. The standard InChI is InChI=1S/C21H29N5O3/c1-25-13-17(22-14-25)19(27)26-8-6-21(7-9-26,12-15-2-3-15)20-23-18(29-24-20)16-4-10-28-11-5-16/h13-16H,2-12H2,1H3. The predicted octanol–water partition coefficient (Wildman–Crippen LogP) is 2.67. The number of amides is 1. The van der Waals surface area contributed by atoms with E-state index in [0.717, 1.165) is 63.0 Å². The Hall–Kier alpha value is -2.22. The summed E-state index contributed by atoms with van der Waals surface area (Å²) < 4.78 is 13.0. The highest BCUT2D eigenvalue weighted by Crippen LogP contribution is 2.47. The molecule has 1 saturated carbocycles. The van der Waals surface area contributed by atoms with E-state index in [1.165, 1.54) is 12.8 Å². The van der Waals surface area contributed by atoms with Gasteiger partial charge in [-0.3, -0.25) is 4.79 Å². The number of carbonyl (C=O) groups is 1. The summed E-state index contributed by atoms with van der Waals surface area (Å²) in [5.74, 6) is 2.72. The van der Waals surface area contributed by atoms with Crippen LogP contribution in [0.15, 0.2) is 17.0 Å². The van der Waals surface area contributed by atoms with Gasteiger partial charge in [0.15, 0.2) is 5.82 Å². The largest absolute Gasteiger partial charge is 0.381 e. The van der Waals surface area contributed by atoms with E-state index in [9.17, 15) is 4.79 Å². The Labute approximate surface area is 170 Å². The van der Waals surface area contributed by atoms with Crippen molar-refractivity contribution in [1.82, 2.24) is 24.6 Å². The number of carbonyl (C=O) groups excluding carboxylic acids is 1. The topological polar surface area (TPSA) is 86.3 Å². The Morgan fingerprint density at radius 3 is 2.62 bits per heavy atom. The van der Waals surface area contributed by atoms with Crippen molar-refractivity contribution in [1.29, 1.82) is 0 Å². The van der Waals surface area contributed by atoms with Crippen LogP contribution in [0.2, 0.25) is 0 Å². The second-order valence-electron chi connectivity index (χ2n) is 8.99. The lowest BCUT2D eigenvalue weighted by Crippen LogP contribution is -2.46. The van der Waals surface area contributed by atoms with E-state index in [1.54, 1.807) is 12.5 Å². The fraction of sp³-hybridized carbons (Fsp3) is 0.714. The zero-order chi connectivity index (χ0) is 19.8. The van der Waals surface area contributed by atoms with Gasteiger partial charge in [0.1, 0.15) is 5.69 Å². The fourth-order valence-electron chi connectivity index (χ4n) is 4.78. The normalized spacial score (nSPS) is 22.7. The molecule has 156 valence electrons. The van der Waals surface area contributed by atoms with Crippen LogP contribution in [-0.2, 0) is 17.2 Å². The zero-order valence-corrected chi connectivity index (χ0v) is 17.0. The van der Waals surface area contributed by atoms with Crippen LogP contribution in [0.5, 0.6) is 0 Å². The Balaban J connectivity index is 1.32. The van der Waals surface area contributed by atoms with Gasteiger partial charge in [-0.2, -0.15) is 4.98 Å². The number of aryl methyl sites for hydroxylation is 1. The maximum absolute atomic E-state index is 12.8. The first-order chi connectivity index (χ1) is 14.1. The van der Waals surface area contributed by atoms with Gasteiger partial charge in [0, 0.05) is 50.9 Å². The molecule has 2 saturated heterocycles. The molecule has 0 spiro atoms. The minimum absolute atomic E-state index is 0.0154. The molecule has 0 radical (unpaired) electrons. The Kier molecular flexibility index (Phi) is 4.89. The summed E-state index contributed by atoms with van der Waals surface area (Å²) >= 11 is 0. The molecule has 2 aromatic rings. The Morgan fingerprint density at radius 1 is 1.21 bits per heavy atom. The monoisotopic (exact) mass is 399 g/mol. The summed E-state index contributed by atoms with van der Waals surface area (Å²) in [7, 11) is 1.88. The SMILES string of the molecule is Cn1cnc(C(=O)N2CCC(CC3CC3)(c3noc(C4CCOCC4)n3)CC2)c1. The minimum atomic E-state index is -0.0744. The molecular weight excluding hydrogens is 370 g/mol. The van der Waals surface area contributed by atoms with E-state index in [2.05, 4.69) is 10.1 Å². The summed E-state index contributed by atoms with van der Waals surface area (Å²) in [6.45, 7) is 2.95. The number of likely N-dealkylation sites (tertiary alicyclic amines) is 1. The molecule has 5 rings (SSSR count). The molecular formula is C21H29N5O3. The van der Waals surface area contributed by atoms with Crippen LogP contribution >= 0.6 is 0 Å². The van der Waals surface area contributed by atoms with Crippen molar-refractivity contribution in [3.63, 3.8) is 0 Å². The van der Waals surface area contributed by atoms with Crippen LogP contribution in [0.1, 0.15) is 73.1 Å². The third-order valence-corrected chi connectivity index (χ3v) is 6.79. The van der Waals surface area contributed by atoms with Crippen LogP contribution in [0.25, 0.3) is 0 Å². The van der Waals surface area contributed by atoms with E-state index in [1.807, 2.05) is 16.5 Å². The molecule has 3 aliphatic rings. The summed E-state index contributed by atoms with van der Waals surface area (Å²) in [6, 6.07) is 0. The molecule has 8 nitrogen and oxygen atoms in total. The van der Waals surface area contributed by atoms with Gasteiger partial charge >= 0.3 is 0 Å². The van der Waals surface area contributed by atoms with Crippen molar-refractivity contribution in [3.8, 4) is 0 Å². The number of hydrogen-bond acceptors (Lipinski definition) is 6. The van der Waals surface area contributed by atoms with Crippen molar-refractivity contribution in [2.45, 2.75) is 56.3 Å². The molecule has 4 heterocycles. The van der Waals surface area contributed by atoms with Gasteiger partial charge < -0.3 is 18.7 Å². The molecule has 2 aromatic heterocycles. The van der Waals surface area contributed by atoms with Gasteiger partial charge in [-0.05, 0) is 38.0 Å². The smallest absolute Gasteiger partial charge is 0.274 e. The second-order valence-corrected chi connectivity index (χ2v) is 8.99. The van der Waals surface area contributed by atoms with Crippen molar-refractivity contribution < 1.29 is 14.1 Å². The third kappa shape index (κ3) is 3.82. The number of imidazole rings is 1. The molecule has 2 aliphatic heterocycles. The molecule has 8 heteroatoms. The average molecular weight is 399 g/mol. The highest BCUT2D eigenvalue weighted by molar-refractivity contribution is 5.92. The van der Waals surface area contributed by atoms with Gasteiger partial charge in [0.05, 0.1) is 6.33 Å². The molecule has 0 unspecified atom stereocenters. The number of aromatic nitrogens is 4. The van der Waals surface area contributed by atoms with E-state index in [4.69, 9.17) is 14.2 Å². The van der Waals surface area contributed by atoms with E-state index in [-0.39, 0.29) is 11.3 Å². The highest BCUT2D eigenvalue weighted by Gasteiger charge is 2.45. The second kappa shape index (κ2) is 7.55.